The van der Waals surface area contributed by atoms with Gasteiger partial charge in [-0.05, 0) is 68.8 Å². The van der Waals surface area contributed by atoms with Crippen molar-refractivity contribution in [1.82, 2.24) is 10.2 Å². The van der Waals surface area contributed by atoms with E-state index in [2.05, 4.69) is 5.32 Å². The molecule has 0 saturated carbocycles. The van der Waals surface area contributed by atoms with E-state index < -0.39 is 34.4 Å². The minimum atomic E-state index is -4.17. The van der Waals surface area contributed by atoms with Crippen LogP contribution >= 0.6 is 34.8 Å². The van der Waals surface area contributed by atoms with Gasteiger partial charge in [0.2, 0.25) is 11.8 Å². The summed E-state index contributed by atoms with van der Waals surface area (Å²) in [7, 11) is -4.17. The van der Waals surface area contributed by atoms with Gasteiger partial charge in [-0.15, -0.1) is 0 Å². The number of carbonyl (C=O) groups excluding carboxylic acids is 2. The van der Waals surface area contributed by atoms with Crippen LogP contribution in [0.5, 0.6) is 0 Å². The van der Waals surface area contributed by atoms with Gasteiger partial charge in [0.15, 0.2) is 0 Å². The lowest BCUT2D eigenvalue weighted by molar-refractivity contribution is -0.139. The molecule has 1 atom stereocenters. The van der Waals surface area contributed by atoms with Crippen LogP contribution in [0, 0.1) is 6.92 Å². The summed E-state index contributed by atoms with van der Waals surface area (Å²) in [5.74, 6) is -1.02. The van der Waals surface area contributed by atoms with Crippen LogP contribution in [0.4, 0.5) is 5.69 Å². The zero-order valence-corrected chi connectivity index (χ0v) is 24.2. The Morgan fingerprint density at radius 3 is 2.16 bits per heavy atom. The Balaban J connectivity index is 2.09. The summed E-state index contributed by atoms with van der Waals surface area (Å²) < 4.78 is 28.6. The van der Waals surface area contributed by atoms with E-state index in [1.165, 1.54) is 17.0 Å². The molecule has 11 heteroatoms. The van der Waals surface area contributed by atoms with Crippen LogP contribution in [0.25, 0.3) is 0 Å². The number of hydrogen-bond donors (Lipinski definition) is 1. The quantitative estimate of drug-likeness (QED) is 0.325. The number of aryl methyl sites for hydroxylation is 1. The second-order valence-electron chi connectivity index (χ2n) is 8.55. The van der Waals surface area contributed by atoms with Crippen molar-refractivity contribution >= 4 is 62.3 Å². The van der Waals surface area contributed by atoms with Crippen molar-refractivity contribution in [2.45, 2.75) is 38.3 Å². The fourth-order valence-corrected chi connectivity index (χ4v) is 6.13. The largest absolute Gasteiger partial charge is 0.355 e. The predicted octanol–water partition coefficient (Wildman–Crippen LogP) is 5.70. The second kappa shape index (κ2) is 12.8. The van der Waals surface area contributed by atoms with E-state index >= 15 is 0 Å². The fourth-order valence-electron chi connectivity index (χ4n) is 3.89. The summed E-state index contributed by atoms with van der Waals surface area (Å²) in [5, 5.41) is 3.77. The maximum Gasteiger partial charge on any atom is 0.264 e. The van der Waals surface area contributed by atoms with E-state index in [0.29, 0.717) is 32.7 Å². The van der Waals surface area contributed by atoms with Gasteiger partial charge in [0.05, 0.1) is 10.6 Å². The van der Waals surface area contributed by atoms with E-state index in [1.807, 2.05) is 0 Å². The standard InChI is InChI=1S/C27H28Cl3N3O4S/c1-4-31-27(35)19(3)32(16-22-23(29)11-8-12-24(22)30)26(34)17-33(25-14-13-20(28)15-18(25)2)38(36,37)21-9-6-5-7-10-21/h5-15,19H,4,16-17H2,1-3H3,(H,31,35)/t19-/m1/s1. The SMILES string of the molecule is CCNC(=O)[C@@H](C)N(Cc1c(Cl)cccc1Cl)C(=O)CN(c1ccc(Cl)cc1C)S(=O)(=O)c1ccccc1. The monoisotopic (exact) mass is 595 g/mol. The summed E-state index contributed by atoms with van der Waals surface area (Å²) in [6.07, 6.45) is 0. The highest BCUT2D eigenvalue weighted by molar-refractivity contribution is 7.92. The maximum absolute atomic E-state index is 13.9. The van der Waals surface area contributed by atoms with Crippen molar-refractivity contribution in [1.29, 1.82) is 0 Å². The predicted molar refractivity (Wildman–Crippen MR) is 152 cm³/mol. The van der Waals surface area contributed by atoms with Crippen LogP contribution in [-0.4, -0.2) is 44.3 Å². The highest BCUT2D eigenvalue weighted by atomic mass is 35.5. The summed E-state index contributed by atoms with van der Waals surface area (Å²) in [6.45, 7) is 4.71. The van der Waals surface area contributed by atoms with Crippen molar-refractivity contribution in [2.75, 3.05) is 17.4 Å². The molecule has 3 rings (SSSR count). The number of nitrogens with one attached hydrogen (secondary N) is 1. The number of sulfonamides is 1. The van der Waals surface area contributed by atoms with E-state index in [-0.39, 0.29) is 17.1 Å². The number of halogens is 3. The first kappa shape index (κ1) is 29.8. The molecule has 1 N–H and O–H groups in total. The van der Waals surface area contributed by atoms with Crippen molar-refractivity contribution < 1.29 is 18.0 Å². The Kier molecular flexibility index (Phi) is 10.1. The topological polar surface area (TPSA) is 86.8 Å². The third kappa shape index (κ3) is 6.80. The van der Waals surface area contributed by atoms with Crippen molar-refractivity contribution in [2.24, 2.45) is 0 Å². The van der Waals surface area contributed by atoms with Crippen LogP contribution in [-0.2, 0) is 26.2 Å². The van der Waals surface area contributed by atoms with Crippen molar-refractivity contribution in [3.05, 3.63) is 92.9 Å². The molecule has 38 heavy (non-hydrogen) atoms. The van der Waals surface area contributed by atoms with Crippen LogP contribution in [0.15, 0.2) is 71.6 Å². The highest BCUT2D eigenvalue weighted by Crippen LogP contribution is 2.30. The lowest BCUT2D eigenvalue weighted by atomic mass is 10.1. The zero-order valence-electron chi connectivity index (χ0n) is 21.1. The number of benzene rings is 3. The number of carbonyl (C=O) groups is 2. The maximum atomic E-state index is 13.9. The number of amides is 2. The Labute approximate surface area is 238 Å². The van der Waals surface area contributed by atoms with Gasteiger partial charge in [-0.1, -0.05) is 59.1 Å². The first-order valence-electron chi connectivity index (χ1n) is 11.8. The van der Waals surface area contributed by atoms with Gasteiger partial charge in [-0.25, -0.2) is 8.42 Å². The molecule has 0 fully saturated rings. The number of anilines is 1. The molecule has 0 aromatic heterocycles. The molecule has 0 aliphatic rings. The summed E-state index contributed by atoms with van der Waals surface area (Å²) >= 11 is 18.9. The van der Waals surface area contributed by atoms with Crippen LogP contribution in [0.2, 0.25) is 15.1 Å². The van der Waals surface area contributed by atoms with Gasteiger partial charge in [0.25, 0.3) is 10.0 Å². The molecule has 0 unspecified atom stereocenters. The first-order chi connectivity index (χ1) is 18.0. The lowest BCUT2D eigenvalue weighted by Crippen LogP contribution is -2.51. The van der Waals surface area contributed by atoms with Crippen LogP contribution in [0.1, 0.15) is 25.0 Å². The van der Waals surface area contributed by atoms with Gasteiger partial charge in [0, 0.05) is 33.7 Å². The van der Waals surface area contributed by atoms with Crippen molar-refractivity contribution in [3.8, 4) is 0 Å². The third-order valence-electron chi connectivity index (χ3n) is 5.95. The highest BCUT2D eigenvalue weighted by Gasteiger charge is 2.33. The lowest BCUT2D eigenvalue weighted by Gasteiger charge is -2.32. The molecule has 0 aliphatic heterocycles. The Hall–Kier alpha value is -2.78. The van der Waals surface area contributed by atoms with Gasteiger partial charge < -0.3 is 10.2 Å². The first-order valence-corrected chi connectivity index (χ1v) is 14.4. The molecule has 0 saturated heterocycles. The van der Waals surface area contributed by atoms with Gasteiger partial charge in [-0.3, -0.25) is 13.9 Å². The molecule has 3 aromatic carbocycles. The zero-order chi connectivity index (χ0) is 28.0. The van der Waals surface area contributed by atoms with E-state index in [1.54, 1.807) is 75.4 Å². The van der Waals surface area contributed by atoms with E-state index in [4.69, 9.17) is 34.8 Å². The van der Waals surface area contributed by atoms with Gasteiger partial charge in [0.1, 0.15) is 12.6 Å². The number of hydrogen-bond acceptors (Lipinski definition) is 4. The molecule has 0 aliphatic carbocycles. The molecule has 0 heterocycles. The molecular formula is C27H28Cl3N3O4S. The molecular weight excluding hydrogens is 569 g/mol. The van der Waals surface area contributed by atoms with Crippen LogP contribution < -0.4 is 9.62 Å². The Morgan fingerprint density at radius 1 is 0.947 bits per heavy atom. The third-order valence-corrected chi connectivity index (χ3v) is 8.66. The van der Waals surface area contributed by atoms with E-state index in [0.717, 1.165) is 4.31 Å². The fraction of sp³-hybridized carbons (Fsp3) is 0.259. The molecule has 2 amide bonds. The number of rotatable bonds is 10. The average molecular weight is 597 g/mol. The average Bonchev–Trinajstić information content (AvgIpc) is 2.87. The molecule has 0 bridgehead atoms. The normalized spacial score (nSPS) is 12.1. The molecule has 3 aromatic rings. The van der Waals surface area contributed by atoms with Crippen molar-refractivity contribution in [3.63, 3.8) is 0 Å². The molecule has 0 spiro atoms. The minimum absolute atomic E-state index is 0.0135. The molecule has 0 radical (unpaired) electrons. The second-order valence-corrected chi connectivity index (χ2v) is 11.7. The summed E-state index contributed by atoms with van der Waals surface area (Å²) in [5.41, 5.74) is 1.29. The molecule has 7 nitrogen and oxygen atoms in total. The molecule has 202 valence electrons. The summed E-state index contributed by atoms with van der Waals surface area (Å²) in [6, 6.07) is 16.5. The van der Waals surface area contributed by atoms with Gasteiger partial charge in [-0.2, -0.15) is 0 Å². The number of likely N-dealkylation sites (N-methyl/N-ethyl adjacent to an activating group) is 1. The van der Waals surface area contributed by atoms with Gasteiger partial charge >= 0.3 is 0 Å². The Morgan fingerprint density at radius 2 is 1.58 bits per heavy atom. The Bertz CT molecular complexity index is 1400. The summed E-state index contributed by atoms with van der Waals surface area (Å²) in [4.78, 5) is 28.0. The minimum Gasteiger partial charge on any atom is -0.355 e. The smallest absolute Gasteiger partial charge is 0.264 e. The number of nitrogens with zero attached hydrogens (tertiary/aromatic N) is 2. The van der Waals surface area contributed by atoms with Crippen LogP contribution in [0.3, 0.4) is 0 Å². The van der Waals surface area contributed by atoms with E-state index in [9.17, 15) is 18.0 Å².